The van der Waals surface area contributed by atoms with E-state index < -0.39 is 0 Å². The quantitative estimate of drug-likeness (QED) is 0.802. The maximum Gasteiger partial charge on any atom is 0.255 e. The van der Waals surface area contributed by atoms with Gasteiger partial charge in [0.15, 0.2) is 0 Å². The zero-order valence-corrected chi connectivity index (χ0v) is 11.1. The van der Waals surface area contributed by atoms with Gasteiger partial charge in [0.25, 0.3) is 5.91 Å². The molecule has 19 heavy (non-hydrogen) atoms. The van der Waals surface area contributed by atoms with Crippen molar-refractivity contribution in [2.45, 2.75) is 12.8 Å². The second-order valence-corrected chi connectivity index (χ2v) is 4.87. The molecule has 1 aromatic rings. The molecule has 0 atom stereocenters. The predicted octanol–water partition coefficient (Wildman–Crippen LogP) is 1.12. The van der Waals surface area contributed by atoms with Crippen LogP contribution in [-0.2, 0) is 0 Å². The molecule has 5 nitrogen and oxygen atoms in total. The topological polar surface area (TPSA) is 75.8 Å². The van der Waals surface area contributed by atoms with Gasteiger partial charge < -0.3 is 20.5 Å². The summed E-state index contributed by atoms with van der Waals surface area (Å²) in [6.45, 7) is 1.55. The molecule has 1 heterocycles. The number of ether oxygens (including phenoxy) is 1. The number of nitrogens with zero attached hydrogens (tertiary/aromatic N) is 1. The van der Waals surface area contributed by atoms with Crippen molar-refractivity contribution in [2.24, 2.45) is 5.92 Å². The summed E-state index contributed by atoms with van der Waals surface area (Å²) in [6, 6.07) is 5.10. The number of anilines is 1. The minimum Gasteiger partial charge on any atom is -0.497 e. The molecule has 0 aromatic heterocycles. The molecular formula is C14H20N2O3. The van der Waals surface area contributed by atoms with E-state index in [0.717, 1.165) is 12.8 Å². The van der Waals surface area contributed by atoms with Gasteiger partial charge >= 0.3 is 0 Å². The lowest BCUT2D eigenvalue weighted by molar-refractivity contribution is 0.0652. The molecule has 0 aliphatic carbocycles. The molecule has 104 valence electrons. The Hall–Kier alpha value is -1.75. The largest absolute Gasteiger partial charge is 0.497 e. The molecule has 1 aliphatic rings. The van der Waals surface area contributed by atoms with Crippen LogP contribution in [0.5, 0.6) is 5.75 Å². The molecule has 0 spiro atoms. The number of piperidine rings is 1. The number of hydrogen-bond donors (Lipinski definition) is 2. The first-order chi connectivity index (χ1) is 9.15. The van der Waals surface area contributed by atoms with Crippen LogP contribution in [0.4, 0.5) is 5.69 Å². The second kappa shape index (κ2) is 5.93. The van der Waals surface area contributed by atoms with E-state index in [0.29, 0.717) is 36.0 Å². The third kappa shape index (κ3) is 2.98. The molecule has 3 N–H and O–H groups in total. The Bertz CT molecular complexity index is 454. The number of nitrogens with two attached hydrogens (primary N) is 1. The van der Waals surface area contributed by atoms with Crippen molar-refractivity contribution < 1.29 is 14.6 Å². The SMILES string of the molecule is COc1ccc(C(=O)N2CCC(CO)CC2)c(N)c1. The van der Waals surface area contributed by atoms with Gasteiger partial charge in [0.1, 0.15) is 5.75 Å². The zero-order valence-electron chi connectivity index (χ0n) is 11.1. The minimum atomic E-state index is -0.0449. The number of benzene rings is 1. The fourth-order valence-corrected chi connectivity index (χ4v) is 2.35. The number of aliphatic hydroxyl groups is 1. The van der Waals surface area contributed by atoms with Crippen LogP contribution in [0.3, 0.4) is 0 Å². The van der Waals surface area contributed by atoms with Crippen molar-refractivity contribution in [3.63, 3.8) is 0 Å². The van der Waals surface area contributed by atoms with Gasteiger partial charge in [0, 0.05) is 31.5 Å². The van der Waals surface area contributed by atoms with Gasteiger partial charge in [-0.25, -0.2) is 0 Å². The Morgan fingerprint density at radius 1 is 1.47 bits per heavy atom. The van der Waals surface area contributed by atoms with Crippen molar-refractivity contribution >= 4 is 11.6 Å². The minimum absolute atomic E-state index is 0.0449. The van der Waals surface area contributed by atoms with E-state index >= 15 is 0 Å². The molecule has 1 saturated heterocycles. The van der Waals surface area contributed by atoms with E-state index in [1.54, 1.807) is 30.2 Å². The zero-order chi connectivity index (χ0) is 13.8. The normalized spacial score (nSPS) is 16.4. The number of carbonyl (C=O) groups is 1. The van der Waals surface area contributed by atoms with Gasteiger partial charge in [-0.1, -0.05) is 0 Å². The lowest BCUT2D eigenvalue weighted by Crippen LogP contribution is -2.39. The first-order valence-corrected chi connectivity index (χ1v) is 6.49. The number of aliphatic hydroxyl groups excluding tert-OH is 1. The Kier molecular flexibility index (Phi) is 4.27. The van der Waals surface area contributed by atoms with Crippen molar-refractivity contribution in [1.29, 1.82) is 0 Å². The fraction of sp³-hybridized carbons (Fsp3) is 0.500. The molecule has 1 aliphatic heterocycles. The van der Waals surface area contributed by atoms with Crippen LogP contribution in [0.2, 0.25) is 0 Å². The van der Waals surface area contributed by atoms with Crippen LogP contribution in [0.15, 0.2) is 18.2 Å². The van der Waals surface area contributed by atoms with Gasteiger partial charge in [-0.3, -0.25) is 4.79 Å². The molecule has 0 radical (unpaired) electrons. The lowest BCUT2D eigenvalue weighted by atomic mass is 9.97. The summed E-state index contributed by atoms with van der Waals surface area (Å²) in [5, 5.41) is 9.10. The van der Waals surface area contributed by atoms with E-state index in [9.17, 15) is 4.79 Å². The van der Waals surface area contributed by atoms with Gasteiger partial charge in [0.05, 0.1) is 12.7 Å². The molecule has 1 aromatic carbocycles. The number of likely N-dealkylation sites (tertiary alicyclic amines) is 1. The summed E-state index contributed by atoms with van der Waals surface area (Å²) >= 11 is 0. The molecule has 0 bridgehead atoms. The Balaban J connectivity index is 2.08. The molecular weight excluding hydrogens is 244 g/mol. The number of carbonyl (C=O) groups excluding carboxylic acids is 1. The van der Waals surface area contributed by atoms with Crippen LogP contribution in [-0.4, -0.2) is 42.7 Å². The first-order valence-electron chi connectivity index (χ1n) is 6.49. The van der Waals surface area contributed by atoms with Crippen molar-refractivity contribution in [2.75, 3.05) is 32.5 Å². The van der Waals surface area contributed by atoms with Gasteiger partial charge in [0.2, 0.25) is 0 Å². The Morgan fingerprint density at radius 3 is 2.68 bits per heavy atom. The smallest absolute Gasteiger partial charge is 0.255 e. The van der Waals surface area contributed by atoms with Crippen LogP contribution in [0.1, 0.15) is 23.2 Å². The summed E-state index contributed by atoms with van der Waals surface area (Å²) < 4.78 is 5.07. The molecule has 0 saturated carbocycles. The summed E-state index contributed by atoms with van der Waals surface area (Å²) in [4.78, 5) is 14.2. The van der Waals surface area contributed by atoms with Crippen LogP contribution in [0.25, 0.3) is 0 Å². The monoisotopic (exact) mass is 264 g/mol. The van der Waals surface area contributed by atoms with E-state index in [4.69, 9.17) is 15.6 Å². The molecule has 5 heteroatoms. The molecule has 1 amide bonds. The number of amides is 1. The van der Waals surface area contributed by atoms with Gasteiger partial charge in [-0.2, -0.15) is 0 Å². The van der Waals surface area contributed by atoms with Gasteiger partial charge in [-0.05, 0) is 30.9 Å². The molecule has 2 rings (SSSR count). The highest BCUT2D eigenvalue weighted by Gasteiger charge is 2.24. The average Bonchev–Trinajstić information content (AvgIpc) is 2.46. The third-order valence-corrected chi connectivity index (χ3v) is 3.65. The van der Waals surface area contributed by atoms with Crippen LogP contribution >= 0.6 is 0 Å². The highest BCUT2D eigenvalue weighted by atomic mass is 16.5. The van der Waals surface area contributed by atoms with E-state index in [-0.39, 0.29) is 12.5 Å². The van der Waals surface area contributed by atoms with Crippen LogP contribution in [0, 0.1) is 5.92 Å². The summed E-state index contributed by atoms with van der Waals surface area (Å²) in [5.41, 5.74) is 6.85. The van der Waals surface area contributed by atoms with Crippen molar-refractivity contribution in [3.8, 4) is 5.75 Å². The third-order valence-electron chi connectivity index (χ3n) is 3.65. The number of nitrogen functional groups attached to an aromatic ring is 1. The summed E-state index contributed by atoms with van der Waals surface area (Å²) in [6.07, 6.45) is 1.69. The summed E-state index contributed by atoms with van der Waals surface area (Å²) in [7, 11) is 1.57. The number of rotatable bonds is 3. The maximum absolute atomic E-state index is 12.4. The van der Waals surface area contributed by atoms with E-state index in [1.807, 2.05) is 0 Å². The lowest BCUT2D eigenvalue weighted by Gasteiger charge is -2.31. The van der Waals surface area contributed by atoms with Crippen molar-refractivity contribution in [3.05, 3.63) is 23.8 Å². The molecule has 0 unspecified atom stereocenters. The molecule has 1 fully saturated rings. The van der Waals surface area contributed by atoms with Crippen molar-refractivity contribution in [1.82, 2.24) is 4.90 Å². The maximum atomic E-state index is 12.4. The van der Waals surface area contributed by atoms with Gasteiger partial charge in [-0.15, -0.1) is 0 Å². The first kappa shape index (κ1) is 13.7. The van der Waals surface area contributed by atoms with E-state index in [2.05, 4.69) is 0 Å². The number of methoxy groups -OCH3 is 1. The van der Waals surface area contributed by atoms with E-state index in [1.165, 1.54) is 0 Å². The highest BCUT2D eigenvalue weighted by molar-refractivity contribution is 5.99. The van der Waals surface area contributed by atoms with Crippen LogP contribution < -0.4 is 10.5 Å². The highest BCUT2D eigenvalue weighted by Crippen LogP contribution is 2.23. The second-order valence-electron chi connectivity index (χ2n) is 4.87. The number of hydrogen-bond acceptors (Lipinski definition) is 4. The average molecular weight is 264 g/mol. The Labute approximate surface area is 113 Å². The standard InChI is InChI=1S/C14H20N2O3/c1-19-11-2-3-12(13(15)8-11)14(18)16-6-4-10(9-17)5-7-16/h2-3,8,10,17H,4-7,9,15H2,1H3. The Morgan fingerprint density at radius 2 is 2.16 bits per heavy atom. The predicted molar refractivity (Wildman–Crippen MR) is 73.1 cm³/mol. The fourth-order valence-electron chi connectivity index (χ4n) is 2.35. The summed E-state index contributed by atoms with van der Waals surface area (Å²) in [5.74, 6) is 0.918.